The molecule has 1 aliphatic heterocycles. The smallest absolute Gasteiger partial charge is 0.338 e. The van der Waals surface area contributed by atoms with Gasteiger partial charge in [-0.3, -0.25) is 14.4 Å². The highest BCUT2D eigenvalue weighted by atomic mass is 32.2. The van der Waals surface area contributed by atoms with Crippen molar-refractivity contribution < 1.29 is 23.9 Å². The van der Waals surface area contributed by atoms with Crippen LogP contribution in [0.2, 0.25) is 0 Å². The Balaban J connectivity index is 1.44. The number of ketones is 1. The lowest BCUT2D eigenvalue weighted by Gasteiger charge is -2.16. The third-order valence-electron chi connectivity index (χ3n) is 6.23. The Morgan fingerprint density at radius 2 is 1.70 bits per heavy atom. The van der Waals surface area contributed by atoms with Gasteiger partial charge in [0.1, 0.15) is 11.1 Å². The average molecular weight is 514 g/mol. The molecule has 8 nitrogen and oxygen atoms in total. The number of imide groups is 1. The number of amides is 2. The number of anilines is 1. The van der Waals surface area contributed by atoms with E-state index in [1.807, 2.05) is 20.8 Å². The van der Waals surface area contributed by atoms with Gasteiger partial charge in [-0.2, -0.15) is 5.26 Å². The molecule has 0 aliphatic carbocycles. The summed E-state index contributed by atoms with van der Waals surface area (Å²) in [6, 6.07) is 16.5. The molecule has 1 aliphatic rings. The van der Waals surface area contributed by atoms with Crippen molar-refractivity contribution in [2.45, 2.75) is 37.5 Å². The number of carbonyl (C=O) groups is 4. The molecule has 2 amide bonds. The average Bonchev–Trinajstić information content (AvgIpc) is 3.18. The van der Waals surface area contributed by atoms with Crippen LogP contribution in [0.4, 0.5) is 5.69 Å². The number of benzene rings is 2. The van der Waals surface area contributed by atoms with Crippen molar-refractivity contribution in [3.63, 3.8) is 0 Å². The molecule has 0 bridgehead atoms. The maximum absolute atomic E-state index is 13.1. The Kier molecular flexibility index (Phi) is 7.50. The Labute approximate surface area is 218 Å². The van der Waals surface area contributed by atoms with Crippen molar-refractivity contribution in [1.29, 1.82) is 5.26 Å². The number of hydrogen-bond acceptors (Lipinski definition) is 8. The van der Waals surface area contributed by atoms with Crippen molar-refractivity contribution in [2.75, 3.05) is 11.5 Å². The van der Waals surface area contributed by atoms with E-state index >= 15 is 0 Å². The van der Waals surface area contributed by atoms with Crippen molar-refractivity contribution in [3.05, 3.63) is 88.1 Å². The molecule has 0 spiro atoms. The lowest BCUT2D eigenvalue weighted by Crippen LogP contribution is -2.31. The summed E-state index contributed by atoms with van der Waals surface area (Å²) in [7, 11) is 0. The lowest BCUT2D eigenvalue weighted by molar-refractivity contribution is -0.121. The molecule has 4 rings (SSSR count). The van der Waals surface area contributed by atoms with Gasteiger partial charge in [-0.1, -0.05) is 42.1 Å². The van der Waals surface area contributed by atoms with E-state index in [-0.39, 0.29) is 23.7 Å². The molecule has 2 heterocycles. The van der Waals surface area contributed by atoms with Crippen LogP contribution in [0.1, 0.15) is 49.5 Å². The van der Waals surface area contributed by atoms with Crippen LogP contribution in [0.5, 0.6) is 0 Å². The molecule has 9 heteroatoms. The fraction of sp³-hybridized carbons (Fsp3) is 0.214. The van der Waals surface area contributed by atoms with E-state index in [0.29, 0.717) is 21.8 Å². The second-order valence-corrected chi connectivity index (χ2v) is 9.72. The van der Waals surface area contributed by atoms with E-state index in [0.717, 1.165) is 33.5 Å². The number of esters is 1. The van der Waals surface area contributed by atoms with Crippen molar-refractivity contribution in [2.24, 2.45) is 0 Å². The SMILES string of the molecule is Cc1nc(SC2CC(=O)N(c3ccc(C(=O)OCC(=O)c4ccccc4)cc3)C2=O)c(C#N)c(C)c1C. The molecular weight excluding hydrogens is 490 g/mol. The lowest BCUT2D eigenvalue weighted by atomic mass is 10.1. The van der Waals surface area contributed by atoms with E-state index in [1.54, 1.807) is 30.3 Å². The van der Waals surface area contributed by atoms with E-state index in [9.17, 15) is 24.4 Å². The summed E-state index contributed by atoms with van der Waals surface area (Å²) < 4.78 is 5.11. The van der Waals surface area contributed by atoms with Crippen molar-refractivity contribution in [1.82, 2.24) is 4.98 Å². The van der Waals surface area contributed by atoms with Crippen LogP contribution in [0.15, 0.2) is 59.6 Å². The molecule has 1 atom stereocenters. The number of nitrogens with zero attached hydrogens (tertiary/aromatic N) is 3. The van der Waals surface area contributed by atoms with Crippen LogP contribution < -0.4 is 4.90 Å². The summed E-state index contributed by atoms with van der Waals surface area (Å²) in [5, 5.41) is 9.32. The molecule has 1 aromatic heterocycles. The van der Waals surface area contributed by atoms with E-state index in [2.05, 4.69) is 11.1 Å². The van der Waals surface area contributed by atoms with Crippen LogP contribution in [-0.4, -0.2) is 40.4 Å². The molecule has 1 fully saturated rings. The fourth-order valence-corrected chi connectivity index (χ4v) is 5.11. The number of rotatable bonds is 7. The predicted molar refractivity (Wildman–Crippen MR) is 137 cm³/mol. The Bertz CT molecular complexity index is 1450. The van der Waals surface area contributed by atoms with Crippen LogP contribution in [0, 0.1) is 32.1 Å². The first kappa shape index (κ1) is 25.8. The minimum atomic E-state index is -0.720. The summed E-state index contributed by atoms with van der Waals surface area (Å²) in [5.41, 5.74) is 3.83. The number of thioether (sulfide) groups is 1. The highest BCUT2D eigenvalue weighted by molar-refractivity contribution is 8.00. The molecule has 186 valence electrons. The second-order valence-electron chi connectivity index (χ2n) is 8.53. The van der Waals surface area contributed by atoms with Gasteiger partial charge in [0.2, 0.25) is 11.8 Å². The molecule has 3 aromatic rings. The van der Waals surface area contributed by atoms with Crippen molar-refractivity contribution >= 4 is 41.0 Å². The van der Waals surface area contributed by atoms with Gasteiger partial charge in [0.25, 0.3) is 0 Å². The third kappa shape index (κ3) is 5.29. The highest BCUT2D eigenvalue weighted by Crippen LogP contribution is 2.36. The van der Waals surface area contributed by atoms with Gasteiger partial charge in [-0.25, -0.2) is 14.7 Å². The fourth-order valence-electron chi connectivity index (χ4n) is 3.90. The summed E-state index contributed by atoms with van der Waals surface area (Å²) in [6.45, 7) is 5.17. The van der Waals surface area contributed by atoms with Gasteiger partial charge < -0.3 is 4.74 Å². The van der Waals surface area contributed by atoms with Crippen LogP contribution in [0.3, 0.4) is 0 Å². The number of ether oxygens (including phenoxy) is 1. The van der Waals surface area contributed by atoms with Gasteiger partial charge in [-0.15, -0.1) is 0 Å². The van der Waals surface area contributed by atoms with E-state index in [4.69, 9.17) is 4.74 Å². The molecule has 1 saturated heterocycles. The van der Waals surface area contributed by atoms with Crippen LogP contribution >= 0.6 is 11.8 Å². The number of aryl methyl sites for hydroxylation is 1. The standard InChI is InChI=1S/C28H23N3O5S/c1-16-17(2)22(14-29)26(30-18(16)3)37-24-13-25(33)31(27(24)34)21-11-9-20(10-12-21)28(35)36-15-23(32)19-7-5-4-6-8-19/h4-12,24H,13,15H2,1-3H3. The zero-order valence-corrected chi connectivity index (χ0v) is 21.3. The van der Waals surface area contributed by atoms with Crippen molar-refractivity contribution in [3.8, 4) is 6.07 Å². The zero-order valence-electron chi connectivity index (χ0n) is 20.5. The first-order valence-electron chi connectivity index (χ1n) is 11.5. The summed E-state index contributed by atoms with van der Waals surface area (Å²) in [5.74, 6) is -1.82. The molecule has 0 saturated carbocycles. The summed E-state index contributed by atoms with van der Waals surface area (Å²) >= 11 is 1.11. The number of carbonyl (C=O) groups excluding carboxylic acids is 4. The summed E-state index contributed by atoms with van der Waals surface area (Å²) in [6.07, 6.45) is -0.0343. The third-order valence-corrected chi connectivity index (χ3v) is 7.40. The zero-order chi connectivity index (χ0) is 26.7. The largest absolute Gasteiger partial charge is 0.454 e. The topological polar surface area (TPSA) is 117 Å². The normalized spacial score (nSPS) is 15.0. The Morgan fingerprint density at radius 3 is 2.35 bits per heavy atom. The highest BCUT2D eigenvalue weighted by Gasteiger charge is 2.41. The van der Waals surface area contributed by atoms with Gasteiger partial charge >= 0.3 is 5.97 Å². The number of nitriles is 1. The predicted octanol–water partition coefficient (Wildman–Crippen LogP) is 4.34. The van der Waals surface area contributed by atoms with Gasteiger partial charge in [-0.05, 0) is 56.2 Å². The number of Topliss-reactive ketones (excluding diaryl/α,β-unsaturated/α-hetero) is 1. The number of pyridine rings is 1. The molecular formula is C28H23N3O5S. The monoisotopic (exact) mass is 513 g/mol. The van der Waals surface area contributed by atoms with Gasteiger partial charge in [0, 0.05) is 17.7 Å². The maximum atomic E-state index is 13.1. The summed E-state index contributed by atoms with van der Waals surface area (Å²) in [4.78, 5) is 56.0. The molecule has 2 aromatic carbocycles. The molecule has 0 N–H and O–H groups in total. The van der Waals surface area contributed by atoms with Gasteiger partial charge in [0.05, 0.1) is 22.1 Å². The Hall–Kier alpha value is -4.29. The first-order valence-corrected chi connectivity index (χ1v) is 12.4. The quantitative estimate of drug-likeness (QED) is 0.260. The van der Waals surface area contributed by atoms with Gasteiger partial charge in [0.15, 0.2) is 12.4 Å². The second kappa shape index (κ2) is 10.8. The number of hydrogen-bond donors (Lipinski definition) is 0. The Morgan fingerprint density at radius 1 is 1.03 bits per heavy atom. The first-order chi connectivity index (χ1) is 17.7. The minimum absolute atomic E-state index is 0.0343. The molecule has 0 radical (unpaired) electrons. The minimum Gasteiger partial charge on any atom is -0.454 e. The van der Waals surface area contributed by atoms with E-state index in [1.165, 1.54) is 24.3 Å². The number of aromatic nitrogens is 1. The van der Waals surface area contributed by atoms with Crippen LogP contribution in [-0.2, 0) is 14.3 Å². The van der Waals surface area contributed by atoms with E-state index < -0.39 is 23.7 Å². The van der Waals surface area contributed by atoms with Crippen LogP contribution in [0.25, 0.3) is 0 Å². The molecule has 37 heavy (non-hydrogen) atoms. The maximum Gasteiger partial charge on any atom is 0.338 e. The molecule has 1 unspecified atom stereocenters.